The number of β-amino-alcohol motifs (C(OH)–C–C–N with tert-alkyl or cyclic N) is 1. The molecule has 3 aromatic heterocycles. The normalized spacial score (nSPS) is 17.0. The van der Waals surface area contributed by atoms with Gasteiger partial charge in [0.25, 0.3) is 0 Å². The highest BCUT2D eigenvalue weighted by Gasteiger charge is 2.24. The molecule has 2 fully saturated rings. The standard InChI is InChI=1S/C34H36Cl2N8O3S/c1-47-32-21(18-37-19-22-9-11-29(46)39-22)8-10-27(40-32)25-6-2-4-23(30(25)35)24-5-3-7-26(31(24)36)28-20-38-33-44(28)41-34(48-33)43-14-12-42(13-15-43)16-17-45/h2-8,10,20,22,37,45H,9,11-19H2,1H3,(H,39,46). The molecule has 0 spiro atoms. The number of aliphatic hydroxyl groups excluding tert-OH is 1. The minimum atomic E-state index is 0.103. The lowest BCUT2D eigenvalue weighted by Crippen LogP contribution is -2.47. The van der Waals surface area contributed by atoms with Gasteiger partial charge in [0, 0.05) is 86.1 Å². The van der Waals surface area contributed by atoms with Crippen molar-refractivity contribution in [3.8, 4) is 39.5 Å². The van der Waals surface area contributed by atoms with Crippen molar-refractivity contribution in [3.63, 3.8) is 0 Å². The predicted molar refractivity (Wildman–Crippen MR) is 190 cm³/mol. The SMILES string of the molecule is COc1nc(-c2cccc(-c3cccc(-c4cnc5sc(N6CCN(CCO)CC6)nn45)c3Cl)c2Cl)ccc1CNCC1CCC(=O)N1. The Morgan fingerprint density at radius 1 is 1.02 bits per heavy atom. The molecule has 7 rings (SSSR count). The molecule has 3 N–H and O–H groups in total. The molecule has 5 heterocycles. The summed E-state index contributed by atoms with van der Waals surface area (Å²) in [5.74, 6) is 0.613. The third-order valence-electron chi connectivity index (χ3n) is 8.90. The number of aliphatic hydroxyl groups is 1. The Labute approximate surface area is 292 Å². The molecule has 2 aliphatic rings. The van der Waals surface area contributed by atoms with Crippen molar-refractivity contribution >= 4 is 50.5 Å². The van der Waals surface area contributed by atoms with Crippen LogP contribution >= 0.6 is 34.5 Å². The van der Waals surface area contributed by atoms with Crippen molar-refractivity contribution < 1.29 is 14.6 Å². The predicted octanol–water partition coefficient (Wildman–Crippen LogP) is 4.98. The average molecular weight is 708 g/mol. The van der Waals surface area contributed by atoms with E-state index in [0.717, 1.165) is 76.2 Å². The molecule has 1 atom stereocenters. The Bertz CT molecular complexity index is 1940. The van der Waals surface area contributed by atoms with Gasteiger partial charge in [-0.15, -0.1) is 5.10 Å². The number of pyridine rings is 1. The number of anilines is 1. The van der Waals surface area contributed by atoms with E-state index in [1.165, 1.54) is 0 Å². The van der Waals surface area contributed by atoms with Crippen LogP contribution in [0.5, 0.6) is 5.88 Å². The van der Waals surface area contributed by atoms with Crippen molar-refractivity contribution in [1.82, 2.24) is 35.1 Å². The summed E-state index contributed by atoms with van der Waals surface area (Å²) in [6.45, 7) is 5.57. The van der Waals surface area contributed by atoms with Crippen LogP contribution < -0.4 is 20.3 Å². The van der Waals surface area contributed by atoms with E-state index in [4.69, 9.17) is 38.0 Å². The highest BCUT2D eigenvalue weighted by Crippen LogP contribution is 2.43. The Morgan fingerprint density at radius 3 is 2.46 bits per heavy atom. The Balaban J connectivity index is 1.13. The second-order valence-electron chi connectivity index (χ2n) is 11.9. The average Bonchev–Trinajstić information content (AvgIpc) is 3.82. The fourth-order valence-corrected chi connectivity index (χ4v) is 7.89. The molecular formula is C34H36Cl2N8O3S. The zero-order valence-electron chi connectivity index (χ0n) is 26.5. The lowest BCUT2D eigenvalue weighted by atomic mass is 9.98. The lowest BCUT2D eigenvalue weighted by molar-refractivity contribution is -0.119. The number of amides is 1. The fourth-order valence-electron chi connectivity index (χ4n) is 6.32. The summed E-state index contributed by atoms with van der Waals surface area (Å²) in [6, 6.07) is 15.8. The van der Waals surface area contributed by atoms with Crippen LogP contribution in [0.15, 0.2) is 54.7 Å². The Kier molecular flexibility index (Phi) is 9.81. The number of nitrogens with zero attached hydrogens (tertiary/aromatic N) is 6. The van der Waals surface area contributed by atoms with E-state index < -0.39 is 0 Å². The highest BCUT2D eigenvalue weighted by atomic mass is 35.5. The van der Waals surface area contributed by atoms with E-state index in [9.17, 15) is 9.90 Å². The van der Waals surface area contributed by atoms with Gasteiger partial charge < -0.3 is 25.4 Å². The zero-order valence-corrected chi connectivity index (χ0v) is 28.8. The first-order chi connectivity index (χ1) is 23.4. The van der Waals surface area contributed by atoms with Gasteiger partial charge >= 0.3 is 0 Å². The molecular weight excluding hydrogens is 671 g/mol. The third-order valence-corrected chi connectivity index (χ3v) is 10.7. The molecule has 5 aromatic rings. The number of aromatic nitrogens is 4. The van der Waals surface area contributed by atoms with E-state index in [1.807, 2.05) is 53.0 Å². The number of fused-ring (bicyclic) bond motifs is 1. The monoisotopic (exact) mass is 706 g/mol. The fraction of sp³-hybridized carbons (Fsp3) is 0.353. The second kappa shape index (κ2) is 14.4. The van der Waals surface area contributed by atoms with Crippen molar-refractivity contribution in [2.24, 2.45) is 0 Å². The molecule has 1 amide bonds. The number of hydrogen-bond donors (Lipinski definition) is 3. The first-order valence-corrected chi connectivity index (χ1v) is 17.6. The first-order valence-electron chi connectivity index (χ1n) is 16.0. The van der Waals surface area contributed by atoms with E-state index in [0.29, 0.717) is 47.7 Å². The minimum absolute atomic E-state index is 0.103. The number of rotatable bonds is 11. The van der Waals surface area contributed by atoms with Gasteiger partial charge in [-0.25, -0.2) is 14.5 Å². The molecule has 2 saturated heterocycles. The molecule has 48 heavy (non-hydrogen) atoms. The molecule has 2 aliphatic heterocycles. The number of imidazole rings is 1. The van der Waals surface area contributed by atoms with Gasteiger partial charge in [-0.3, -0.25) is 9.69 Å². The maximum atomic E-state index is 11.5. The molecule has 2 aromatic carbocycles. The highest BCUT2D eigenvalue weighted by molar-refractivity contribution is 7.20. The smallest absolute Gasteiger partial charge is 0.220 e. The van der Waals surface area contributed by atoms with Gasteiger partial charge in [0.15, 0.2) is 0 Å². The summed E-state index contributed by atoms with van der Waals surface area (Å²) < 4.78 is 7.52. The molecule has 250 valence electrons. The van der Waals surface area contributed by atoms with Crippen LogP contribution in [0.3, 0.4) is 0 Å². The molecule has 0 bridgehead atoms. The number of halogens is 2. The number of carbonyl (C=O) groups is 1. The van der Waals surface area contributed by atoms with Gasteiger partial charge in [0.05, 0.1) is 41.3 Å². The topological polar surface area (TPSA) is 120 Å². The van der Waals surface area contributed by atoms with Gasteiger partial charge in [0.2, 0.25) is 21.9 Å². The Morgan fingerprint density at radius 2 is 1.75 bits per heavy atom. The van der Waals surface area contributed by atoms with Crippen LogP contribution in [0.1, 0.15) is 18.4 Å². The van der Waals surface area contributed by atoms with Crippen LogP contribution in [-0.4, -0.2) is 94.5 Å². The summed E-state index contributed by atoms with van der Waals surface area (Å²) in [6.07, 6.45) is 3.22. The third kappa shape index (κ3) is 6.60. The van der Waals surface area contributed by atoms with E-state index >= 15 is 0 Å². The molecule has 14 heteroatoms. The van der Waals surface area contributed by atoms with Crippen LogP contribution in [-0.2, 0) is 11.3 Å². The summed E-state index contributed by atoms with van der Waals surface area (Å²) in [4.78, 5) is 26.3. The van der Waals surface area contributed by atoms with E-state index in [1.54, 1.807) is 24.6 Å². The zero-order chi connectivity index (χ0) is 33.2. The molecule has 0 radical (unpaired) electrons. The molecule has 0 aliphatic carbocycles. The number of piperazine rings is 1. The molecule has 11 nitrogen and oxygen atoms in total. The van der Waals surface area contributed by atoms with E-state index in [-0.39, 0.29) is 18.6 Å². The number of carbonyl (C=O) groups excluding carboxylic acids is 1. The summed E-state index contributed by atoms with van der Waals surface area (Å²) in [7, 11) is 1.61. The van der Waals surface area contributed by atoms with Crippen molar-refractivity contribution in [2.75, 3.05) is 57.9 Å². The number of methoxy groups -OCH3 is 1. The largest absolute Gasteiger partial charge is 0.481 e. The molecule has 1 unspecified atom stereocenters. The van der Waals surface area contributed by atoms with Crippen LogP contribution in [0.25, 0.3) is 38.6 Å². The molecule has 0 saturated carbocycles. The van der Waals surface area contributed by atoms with Crippen LogP contribution in [0.2, 0.25) is 10.0 Å². The van der Waals surface area contributed by atoms with Crippen molar-refractivity contribution in [1.29, 1.82) is 0 Å². The maximum Gasteiger partial charge on any atom is 0.220 e. The number of benzene rings is 2. The summed E-state index contributed by atoms with van der Waals surface area (Å²) in [5, 5.41) is 22.6. The van der Waals surface area contributed by atoms with Crippen LogP contribution in [0.4, 0.5) is 5.13 Å². The lowest BCUT2D eigenvalue weighted by Gasteiger charge is -2.33. The quantitative estimate of drug-likeness (QED) is 0.175. The van der Waals surface area contributed by atoms with Gasteiger partial charge in [-0.05, 0) is 12.5 Å². The second-order valence-corrected chi connectivity index (χ2v) is 13.6. The maximum absolute atomic E-state index is 11.5. The minimum Gasteiger partial charge on any atom is -0.481 e. The van der Waals surface area contributed by atoms with Crippen LogP contribution in [0, 0.1) is 0 Å². The van der Waals surface area contributed by atoms with Crippen molar-refractivity contribution in [2.45, 2.75) is 25.4 Å². The van der Waals surface area contributed by atoms with Gasteiger partial charge in [-0.2, -0.15) is 0 Å². The summed E-state index contributed by atoms with van der Waals surface area (Å²) >= 11 is 15.8. The van der Waals surface area contributed by atoms with Crippen molar-refractivity contribution in [3.05, 3.63) is 70.3 Å². The number of nitrogens with one attached hydrogen (secondary N) is 2. The van der Waals surface area contributed by atoms with E-state index in [2.05, 4.69) is 25.4 Å². The van der Waals surface area contributed by atoms with Gasteiger partial charge in [0.1, 0.15) is 0 Å². The van der Waals surface area contributed by atoms with Gasteiger partial charge in [-0.1, -0.05) is 77.0 Å². The number of ether oxygens (including phenoxy) is 1. The summed E-state index contributed by atoms with van der Waals surface area (Å²) in [5.41, 5.74) is 5.54. The Hall–Kier alpha value is -3.78. The first kappa shape index (κ1) is 32.8. The number of hydrogen-bond acceptors (Lipinski definition) is 10.